The Hall–Kier alpha value is -1.65. The van der Waals surface area contributed by atoms with Crippen LogP contribution in [0.15, 0.2) is 46.3 Å². The Morgan fingerprint density at radius 2 is 1.95 bits per heavy atom. The van der Waals surface area contributed by atoms with E-state index in [0.29, 0.717) is 11.3 Å². The first-order valence-electron chi connectivity index (χ1n) is 6.47. The highest BCUT2D eigenvalue weighted by Crippen LogP contribution is 2.32. The largest absolute Gasteiger partial charge is 0.496 e. The van der Waals surface area contributed by atoms with Gasteiger partial charge in [0.05, 0.1) is 12.7 Å². The molecule has 21 heavy (non-hydrogen) atoms. The van der Waals surface area contributed by atoms with Crippen LogP contribution < -0.4 is 4.74 Å². The van der Waals surface area contributed by atoms with E-state index in [2.05, 4.69) is 15.9 Å². The predicted octanol–water partition coefficient (Wildman–Crippen LogP) is 5.21. The van der Waals surface area contributed by atoms with Crippen LogP contribution in [-0.2, 0) is 0 Å². The van der Waals surface area contributed by atoms with Crippen LogP contribution in [-0.4, -0.2) is 12.9 Å². The molecule has 0 fully saturated rings. The van der Waals surface area contributed by atoms with Gasteiger partial charge in [0.25, 0.3) is 0 Å². The Balaban J connectivity index is 2.16. The molecule has 4 heteroatoms. The molecule has 2 nitrogen and oxygen atoms in total. The molecule has 3 rings (SSSR count). The van der Waals surface area contributed by atoms with Gasteiger partial charge >= 0.3 is 0 Å². The van der Waals surface area contributed by atoms with Crippen molar-refractivity contribution in [2.45, 2.75) is 6.92 Å². The van der Waals surface area contributed by atoms with Gasteiger partial charge in [-0.3, -0.25) is 4.79 Å². The van der Waals surface area contributed by atoms with Crippen LogP contribution in [0.5, 0.6) is 5.75 Å². The van der Waals surface area contributed by atoms with E-state index in [4.69, 9.17) is 4.74 Å². The summed E-state index contributed by atoms with van der Waals surface area (Å²) in [6, 6.07) is 11.7. The topological polar surface area (TPSA) is 26.3 Å². The fourth-order valence-electron chi connectivity index (χ4n) is 2.30. The molecule has 0 unspecified atom stereocenters. The maximum atomic E-state index is 12.9. The van der Waals surface area contributed by atoms with E-state index in [1.165, 1.54) is 0 Å². The first kappa shape index (κ1) is 14.3. The van der Waals surface area contributed by atoms with E-state index in [-0.39, 0.29) is 5.78 Å². The minimum atomic E-state index is -0.00926. The molecular formula is C17H13BrO2S. The molecule has 3 aromatic rings. The number of aryl methyl sites for hydroxylation is 1. The van der Waals surface area contributed by atoms with E-state index in [1.807, 2.05) is 48.7 Å². The zero-order valence-electron chi connectivity index (χ0n) is 11.6. The summed E-state index contributed by atoms with van der Waals surface area (Å²) in [5, 5.41) is 2.91. The molecule has 0 aliphatic heterocycles. The monoisotopic (exact) mass is 360 g/mol. The zero-order valence-corrected chi connectivity index (χ0v) is 14.0. The summed E-state index contributed by atoms with van der Waals surface area (Å²) in [5.74, 6) is 0.598. The fourth-order valence-corrected chi connectivity index (χ4v) is 3.58. The van der Waals surface area contributed by atoms with Gasteiger partial charge in [0.1, 0.15) is 5.75 Å². The second-order valence-electron chi connectivity index (χ2n) is 4.78. The van der Waals surface area contributed by atoms with Crippen molar-refractivity contribution in [3.63, 3.8) is 0 Å². The molecular weight excluding hydrogens is 348 g/mol. The molecule has 0 bridgehead atoms. The van der Waals surface area contributed by atoms with Crippen LogP contribution in [0.3, 0.4) is 0 Å². The van der Waals surface area contributed by atoms with Crippen LogP contribution >= 0.6 is 27.3 Å². The standard InChI is InChI=1S/C17H13BrO2S/c1-10-7-15(20-2)12(8-14(10)18)17(19)13-9-21-16-6-4-3-5-11(13)16/h3-9H,1-2H3. The van der Waals surface area contributed by atoms with Gasteiger partial charge in [-0.15, -0.1) is 11.3 Å². The van der Waals surface area contributed by atoms with Crippen molar-refractivity contribution < 1.29 is 9.53 Å². The summed E-state index contributed by atoms with van der Waals surface area (Å²) in [5.41, 5.74) is 2.35. The molecule has 1 heterocycles. The van der Waals surface area contributed by atoms with E-state index >= 15 is 0 Å². The number of ether oxygens (including phenoxy) is 1. The lowest BCUT2D eigenvalue weighted by atomic mass is 10.0. The first-order valence-corrected chi connectivity index (χ1v) is 8.14. The number of carbonyl (C=O) groups excluding carboxylic acids is 1. The molecule has 0 saturated heterocycles. The second kappa shape index (κ2) is 5.62. The number of carbonyl (C=O) groups is 1. The minimum absolute atomic E-state index is 0.00926. The normalized spacial score (nSPS) is 10.8. The number of benzene rings is 2. The van der Waals surface area contributed by atoms with Crippen molar-refractivity contribution in [1.29, 1.82) is 0 Å². The molecule has 0 aliphatic rings. The third kappa shape index (κ3) is 2.49. The summed E-state index contributed by atoms with van der Waals surface area (Å²) in [6.07, 6.45) is 0. The van der Waals surface area contributed by atoms with E-state index in [1.54, 1.807) is 18.4 Å². The van der Waals surface area contributed by atoms with Crippen LogP contribution in [0.2, 0.25) is 0 Å². The highest BCUT2D eigenvalue weighted by Gasteiger charge is 2.19. The Morgan fingerprint density at radius 1 is 1.19 bits per heavy atom. The Labute approximate surface area is 135 Å². The number of rotatable bonds is 3. The third-order valence-corrected chi connectivity index (χ3v) is 5.27. The van der Waals surface area contributed by atoms with Gasteiger partial charge in [-0.05, 0) is 30.7 Å². The van der Waals surface area contributed by atoms with Crippen LogP contribution in [0.25, 0.3) is 10.1 Å². The summed E-state index contributed by atoms with van der Waals surface area (Å²) in [4.78, 5) is 12.9. The number of hydrogen-bond donors (Lipinski definition) is 0. The van der Waals surface area contributed by atoms with Crippen LogP contribution in [0.1, 0.15) is 21.5 Å². The fraction of sp³-hybridized carbons (Fsp3) is 0.118. The summed E-state index contributed by atoms with van der Waals surface area (Å²) in [6.45, 7) is 1.97. The first-order chi connectivity index (χ1) is 10.1. The van der Waals surface area contributed by atoms with Gasteiger partial charge in [-0.2, -0.15) is 0 Å². The van der Waals surface area contributed by atoms with Crippen LogP contribution in [0.4, 0.5) is 0 Å². The molecule has 2 aromatic carbocycles. The second-order valence-corrected chi connectivity index (χ2v) is 6.54. The molecule has 0 N–H and O–H groups in total. The lowest BCUT2D eigenvalue weighted by Gasteiger charge is -2.10. The van der Waals surface area contributed by atoms with E-state index in [9.17, 15) is 4.79 Å². The van der Waals surface area contributed by atoms with Crippen molar-refractivity contribution in [3.8, 4) is 5.75 Å². The van der Waals surface area contributed by atoms with Crippen molar-refractivity contribution in [1.82, 2.24) is 0 Å². The summed E-state index contributed by atoms with van der Waals surface area (Å²) < 4.78 is 7.40. The molecule has 0 saturated carbocycles. The molecule has 0 atom stereocenters. The number of methoxy groups -OCH3 is 1. The third-order valence-electron chi connectivity index (χ3n) is 3.45. The van der Waals surface area contributed by atoms with Gasteiger partial charge < -0.3 is 4.74 Å². The van der Waals surface area contributed by atoms with Gasteiger partial charge in [0.15, 0.2) is 5.78 Å². The quantitative estimate of drug-likeness (QED) is 0.599. The van der Waals surface area contributed by atoms with Gasteiger partial charge in [0, 0.05) is 25.5 Å². The SMILES string of the molecule is COc1cc(C)c(Br)cc1C(=O)c1csc2ccccc12. The summed E-state index contributed by atoms with van der Waals surface area (Å²) in [7, 11) is 1.59. The Morgan fingerprint density at radius 3 is 2.71 bits per heavy atom. The maximum absolute atomic E-state index is 12.9. The Kier molecular flexibility index (Phi) is 3.83. The maximum Gasteiger partial charge on any atom is 0.198 e. The number of thiophene rings is 1. The lowest BCUT2D eigenvalue weighted by molar-refractivity contribution is 0.103. The van der Waals surface area contributed by atoms with Gasteiger partial charge in [0.2, 0.25) is 0 Å². The van der Waals surface area contributed by atoms with Gasteiger partial charge in [-0.1, -0.05) is 34.1 Å². The lowest BCUT2D eigenvalue weighted by Crippen LogP contribution is -2.04. The molecule has 1 aromatic heterocycles. The molecule has 0 spiro atoms. The van der Waals surface area contributed by atoms with Gasteiger partial charge in [-0.25, -0.2) is 0 Å². The zero-order chi connectivity index (χ0) is 15.0. The van der Waals surface area contributed by atoms with Crippen molar-refractivity contribution in [2.75, 3.05) is 7.11 Å². The highest BCUT2D eigenvalue weighted by atomic mass is 79.9. The minimum Gasteiger partial charge on any atom is -0.496 e. The number of hydrogen-bond acceptors (Lipinski definition) is 3. The van der Waals surface area contributed by atoms with Crippen LogP contribution in [0, 0.1) is 6.92 Å². The molecule has 106 valence electrons. The molecule has 0 radical (unpaired) electrons. The van der Waals surface area contributed by atoms with E-state index < -0.39 is 0 Å². The predicted molar refractivity (Wildman–Crippen MR) is 90.7 cm³/mol. The van der Waals surface area contributed by atoms with Crippen molar-refractivity contribution in [3.05, 3.63) is 62.9 Å². The average Bonchev–Trinajstić information content (AvgIpc) is 2.92. The van der Waals surface area contributed by atoms with E-state index in [0.717, 1.165) is 25.7 Å². The average molecular weight is 361 g/mol. The molecule has 0 amide bonds. The smallest absolute Gasteiger partial charge is 0.198 e. The summed E-state index contributed by atoms with van der Waals surface area (Å²) >= 11 is 5.07. The number of ketones is 1. The highest BCUT2D eigenvalue weighted by molar-refractivity contribution is 9.10. The molecule has 0 aliphatic carbocycles. The number of halogens is 1. The Bertz CT molecular complexity index is 836. The number of fused-ring (bicyclic) bond motifs is 1. The van der Waals surface area contributed by atoms with Crippen molar-refractivity contribution >= 4 is 43.1 Å². The van der Waals surface area contributed by atoms with Crippen molar-refractivity contribution in [2.24, 2.45) is 0 Å².